The number of nitrogens with zero attached hydrogens (tertiary/aromatic N) is 3. The number of aliphatic imine (C=N–C) groups is 1. The Balaban J connectivity index is 0.00000385. The largest absolute Gasteiger partial charge is 0.469 e. The fourth-order valence-electron chi connectivity index (χ4n) is 4.47. The summed E-state index contributed by atoms with van der Waals surface area (Å²) in [6.07, 6.45) is 0.0979. The highest BCUT2D eigenvalue weighted by molar-refractivity contribution is 14.0. The van der Waals surface area contributed by atoms with Gasteiger partial charge in [-0.05, 0) is 44.4 Å². The third kappa shape index (κ3) is 7.05. The smallest absolute Gasteiger partial charge is 0.310 e. The predicted molar refractivity (Wildman–Crippen MR) is 139 cm³/mol. The minimum Gasteiger partial charge on any atom is -0.469 e. The minimum absolute atomic E-state index is 0. The van der Waals surface area contributed by atoms with Crippen LogP contribution in [0.5, 0.6) is 0 Å². The van der Waals surface area contributed by atoms with Crippen LogP contribution in [0.25, 0.3) is 0 Å². The summed E-state index contributed by atoms with van der Waals surface area (Å²) in [7, 11) is 1.44. The minimum atomic E-state index is -0.167. The molecule has 3 rings (SSSR count). The molecule has 1 aromatic carbocycles. The number of hydrogen-bond acceptors (Lipinski definition) is 5. The molecule has 2 aliphatic heterocycles. The molecule has 0 bridgehead atoms. The van der Waals surface area contributed by atoms with E-state index in [0.717, 1.165) is 24.6 Å². The normalized spacial score (nSPS) is 25.4. The molecule has 1 amide bonds. The van der Waals surface area contributed by atoms with Crippen LogP contribution in [0, 0.1) is 11.8 Å². The molecule has 1 N–H and O–H groups in total. The molecule has 2 saturated heterocycles. The Morgan fingerprint density at radius 3 is 2.27 bits per heavy atom. The van der Waals surface area contributed by atoms with E-state index in [1.54, 1.807) is 0 Å². The average Bonchev–Trinajstić information content (AvgIpc) is 3.16. The van der Waals surface area contributed by atoms with Crippen molar-refractivity contribution < 1.29 is 19.1 Å². The van der Waals surface area contributed by atoms with Gasteiger partial charge in [0.2, 0.25) is 0 Å². The molecule has 4 unspecified atom stereocenters. The maximum Gasteiger partial charge on any atom is 0.310 e. The van der Waals surface area contributed by atoms with Gasteiger partial charge in [0.05, 0.1) is 31.8 Å². The quantitative estimate of drug-likeness (QED) is 0.253. The Labute approximate surface area is 214 Å². The number of guanidine groups is 1. The van der Waals surface area contributed by atoms with Gasteiger partial charge in [-0.15, -0.1) is 24.0 Å². The van der Waals surface area contributed by atoms with E-state index in [0.29, 0.717) is 31.7 Å². The molecule has 0 spiro atoms. The summed E-state index contributed by atoms with van der Waals surface area (Å²) in [5, 5.41) is 3.32. The number of halogens is 1. The Hall–Kier alpha value is -1.88. The molecule has 8 nitrogen and oxygen atoms in total. The second-order valence-electron chi connectivity index (χ2n) is 8.85. The number of ether oxygens (including phenoxy) is 2. The number of morpholine rings is 1. The van der Waals surface area contributed by atoms with Crippen LogP contribution in [0.3, 0.4) is 0 Å². The zero-order valence-corrected chi connectivity index (χ0v) is 22.6. The Kier molecular flexibility index (Phi) is 10.4. The summed E-state index contributed by atoms with van der Waals surface area (Å²) in [5.41, 5.74) is 1.71. The average molecular weight is 572 g/mol. The van der Waals surface area contributed by atoms with Crippen molar-refractivity contribution in [2.24, 2.45) is 16.8 Å². The van der Waals surface area contributed by atoms with Crippen molar-refractivity contribution in [3.63, 3.8) is 0 Å². The van der Waals surface area contributed by atoms with Crippen molar-refractivity contribution >= 4 is 41.8 Å². The number of benzene rings is 1. The second-order valence-corrected chi connectivity index (χ2v) is 8.85. The van der Waals surface area contributed by atoms with Gasteiger partial charge in [-0.1, -0.05) is 19.1 Å². The lowest BCUT2D eigenvalue weighted by Gasteiger charge is -2.35. The molecule has 33 heavy (non-hydrogen) atoms. The number of nitrogens with one attached hydrogen (secondary N) is 1. The number of esters is 1. The lowest BCUT2D eigenvalue weighted by Crippen LogP contribution is -2.48. The summed E-state index contributed by atoms with van der Waals surface area (Å²) >= 11 is 0. The van der Waals surface area contributed by atoms with E-state index < -0.39 is 0 Å². The highest BCUT2D eigenvalue weighted by Crippen LogP contribution is 2.24. The van der Waals surface area contributed by atoms with Gasteiger partial charge in [0.15, 0.2) is 5.96 Å². The first kappa shape index (κ1) is 27.4. The summed E-state index contributed by atoms with van der Waals surface area (Å²) in [6.45, 7) is 11.9. The first-order valence-corrected chi connectivity index (χ1v) is 11.5. The van der Waals surface area contributed by atoms with E-state index in [4.69, 9.17) is 14.5 Å². The highest BCUT2D eigenvalue weighted by Gasteiger charge is 2.36. The summed E-state index contributed by atoms with van der Waals surface area (Å²) in [6, 6.07) is 7.65. The van der Waals surface area contributed by atoms with Gasteiger partial charge in [0.25, 0.3) is 5.91 Å². The maximum absolute atomic E-state index is 12.9. The zero-order valence-electron chi connectivity index (χ0n) is 20.2. The van der Waals surface area contributed by atoms with Gasteiger partial charge in [0, 0.05) is 38.3 Å². The van der Waals surface area contributed by atoms with Crippen molar-refractivity contribution in [2.75, 3.05) is 39.8 Å². The van der Waals surface area contributed by atoms with Crippen LogP contribution in [-0.4, -0.2) is 79.7 Å². The number of likely N-dealkylation sites (tertiary alicyclic amines) is 1. The van der Waals surface area contributed by atoms with E-state index in [-0.39, 0.29) is 59.9 Å². The van der Waals surface area contributed by atoms with Crippen LogP contribution in [-0.2, 0) is 20.8 Å². The summed E-state index contributed by atoms with van der Waals surface area (Å²) in [5.74, 6) is 0.736. The van der Waals surface area contributed by atoms with E-state index in [1.807, 2.05) is 49.9 Å². The van der Waals surface area contributed by atoms with Crippen LogP contribution in [0.15, 0.2) is 29.3 Å². The molecule has 0 saturated carbocycles. The van der Waals surface area contributed by atoms with Crippen LogP contribution >= 0.6 is 24.0 Å². The number of hydrogen-bond donors (Lipinski definition) is 1. The highest BCUT2D eigenvalue weighted by atomic mass is 127. The number of amides is 1. The standard InChI is InChI=1S/C24H36N4O4.HI/c1-6-25-24(28-12-16(2)21(15-28)23(30)31-5)26-11-19-7-9-20(10-8-19)22(29)27-13-17(3)32-18(4)14-27;/h7-10,16-18,21H,6,11-15H2,1-5H3,(H,25,26);1H. The van der Waals surface area contributed by atoms with Crippen LogP contribution in [0.2, 0.25) is 0 Å². The first-order chi connectivity index (χ1) is 15.3. The molecule has 0 aliphatic carbocycles. The zero-order chi connectivity index (χ0) is 23.3. The SMILES string of the molecule is CCNC(=NCc1ccc(C(=O)N2CC(C)OC(C)C2)cc1)N1CC(C)C(C(=O)OC)C1.I. The van der Waals surface area contributed by atoms with Gasteiger partial charge in [-0.2, -0.15) is 0 Å². The van der Waals surface area contributed by atoms with Gasteiger partial charge < -0.3 is 24.6 Å². The predicted octanol–water partition coefficient (Wildman–Crippen LogP) is 2.76. The van der Waals surface area contributed by atoms with Gasteiger partial charge in [0.1, 0.15) is 0 Å². The summed E-state index contributed by atoms with van der Waals surface area (Å²) < 4.78 is 10.7. The monoisotopic (exact) mass is 572 g/mol. The first-order valence-electron chi connectivity index (χ1n) is 11.5. The molecule has 0 aromatic heterocycles. The topological polar surface area (TPSA) is 83.5 Å². The molecule has 2 aliphatic rings. The lowest BCUT2D eigenvalue weighted by molar-refractivity contribution is -0.145. The van der Waals surface area contributed by atoms with Gasteiger partial charge >= 0.3 is 5.97 Å². The van der Waals surface area contributed by atoms with E-state index >= 15 is 0 Å². The molecule has 0 radical (unpaired) electrons. The Bertz CT molecular complexity index is 822. The molecule has 184 valence electrons. The number of rotatable bonds is 5. The molecule has 2 fully saturated rings. The number of carbonyl (C=O) groups is 2. The van der Waals surface area contributed by atoms with Gasteiger partial charge in [-0.25, -0.2) is 4.99 Å². The fourth-order valence-corrected chi connectivity index (χ4v) is 4.47. The van der Waals surface area contributed by atoms with E-state index in [9.17, 15) is 9.59 Å². The van der Waals surface area contributed by atoms with Gasteiger partial charge in [-0.3, -0.25) is 9.59 Å². The summed E-state index contributed by atoms with van der Waals surface area (Å²) in [4.78, 5) is 33.6. The molecule has 1 aromatic rings. The van der Waals surface area contributed by atoms with E-state index in [1.165, 1.54) is 7.11 Å². The molecule has 2 heterocycles. The molecular formula is C24H37IN4O4. The van der Waals surface area contributed by atoms with Crippen molar-refractivity contribution in [1.82, 2.24) is 15.1 Å². The third-order valence-corrected chi connectivity index (χ3v) is 6.07. The second kappa shape index (κ2) is 12.5. The lowest BCUT2D eigenvalue weighted by atomic mass is 9.99. The molecular weight excluding hydrogens is 535 g/mol. The Morgan fingerprint density at radius 2 is 1.70 bits per heavy atom. The molecule has 4 atom stereocenters. The van der Waals surface area contributed by atoms with Crippen molar-refractivity contribution in [3.05, 3.63) is 35.4 Å². The maximum atomic E-state index is 12.9. The van der Waals surface area contributed by atoms with Crippen LogP contribution in [0.1, 0.15) is 43.6 Å². The molecule has 9 heteroatoms. The Morgan fingerprint density at radius 1 is 1.06 bits per heavy atom. The fraction of sp³-hybridized carbons (Fsp3) is 0.625. The van der Waals surface area contributed by atoms with Crippen LogP contribution in [0.4, 0.5) is 0 Å². The van der Waals surface area contributed by atoms with Crippen molar-refractivity contribution in [1.29, 1.82) is 0 Å². The van der Waals surface area contributed by atoms with Crippen LogP contribution < -0.4 is 5.32 Å². The van der Waals surface area contributed by atoms with E-state index in [2.05, 4.69) is 17.1 Å². The third-order valence-electron chi connectivity index (χ3n) is 6.07. The van der Waals surface area contributed by atoms with Crippen molar-refractivity contribution in [3.8, 4) is 0 Å². The van der Waals surface area contributed by atoms with Crippen molar-refractivity contribution in [2.45, 2.75) is 46.4 Å². The number of methoxy groups -OCH3 is 1. The number of carbonyl (C=O) groups excluding carboxylic acids is 2.